The molecule has 0 amide bonds. The van der Waals surface area contributed by atoms with E-state index in [0.29, 0.717) is 18.6 Å². The van der Waals surface area contributed by atoms with Gasteiger partial charge in [0.2, 0.25) is 5.95 Å². The molecule has 0 unspecified atom stereocenters. The Labute approximate surface area is 129 Å². The van der Waals surface area contributed by atoms with Crippen LogP contribution < -0.4 is 15.4 Å². The molecule has 1 aromatic carbocycles. The molecule has 2 aromatic rings. The number of halogens is 4. The molecule has 0 spiro atoms. The normalized spacial score (nSPS) is 11.2. The van der Waals surface area contributed by atoms with E-state index >= 15 is 0 Å². The van der Waals surface area contributed by atoms with E-state index in [1.165, 1.54) is 25.2 Å². The van der Waals surface area contributed by atoms with E-state index < -0.39 is 23.4 Å². The van der Waals surface area contributed by atoms with Crippen LogP contribution in [0.1, 0.15) is 12.5 Å². The first-order chi connectivity index (χ1) is 10.8. The summed E-state index contributed by atoms with van der Waals surface area (Å²) in [4.78, 5) is 7.28. The van der Waals surface area contributed by atoms with Crippen LogP contribution in [-0.2, 0) is 6.18 Å². The zero-order valence-electron chi connectivity index (χ0n) is 12.3. The van der Waals surface area contributed by atoms with Crippen molar-refractivity contribution in [2.45, 2.75) is 13.1 Å². The second-order valence-corrected chi connectivity index (χ2v) is 4.40. The van der Waals surface area contributed by atoms with E-state index in [1.54, 1.807) is 6.92 Å². The Kier molecular flexibility index (Phi) is 4.87. The van der Waals surface area contributed by atoms with E-state index in [9.17, 15) is 17.6 Å². The summed E-state index contributed by atoms with van der Waals surface area (Å²) in [5.74, 6) is -0.772. The zero-order valence-corrected chi connectivity index (χ0v) is 12.3. The van der Waals surface area contributed by atoms with Crippen LogP contribution in [-0.4, -0.2) is 23.6 Å². The molecule has 2 N–H and O–H groups in total. The monoisotopic (exact) mass is 330 g/mol. The van der Waals surface area contributed by atoms with Crippen LogP contribution in [0.3, 0.4) is 0 Å². The highest BCUT2D eigenvalue weighted by Crippen LogP contribution is 2.34. The second kappa shape index (κ2) is 6.67. The fourth-order valence-electron chi connectivity index (χ4n) is 1.82. The number of nitrogens with one attached hydrogen (secondary N) is 2. The molecule has 9 heteroatoms. The average Bonchev–Trinajstić information content (AvgIpc) is 2.49. The van der Waals surface area contributed by atoms with Gasteiger partial charge in [0.15, 0.2) is 0 Å². The maximum absolute atomic E-state index is 13.8. The molecule has 0 saturated carbocycles. The fourth-order valence-corrected chi connectivity index (χ4v) is 1.82. The van der Waals surface area contributed by atoms with Crippen LogP contribution in [0.5, 0.6) is 5.75 Å². The second-order valence-electron chi connectivity index (χ2n) is 4.40. The lowest BCUT2D eigenvalue weighted by atomic mass is 10.3. The SMILES string of the molecule is CCOc1ccc(F)c(Nc2ncc(C(F)(F)F)c(NC)n2)c1. The summed E-state index contributed by atoms with van der Waals surface area (Å²) in [6.45, 7) is 2.17. The first-order valence-corrected chi connectivity index (χ1v) is 6.66. The molecule has 0 aliphatic heterocycles. The number of benzene rings is 1. The van der Waals surface area contributed by atoms with Crippen LogP contribution in [0.15, 0.2) is 24.4 Å². The standard InChI is InChI=1S/C14H14F4N4O/c1-3-23-8-4-5-10(15)11(6-8)21-13-20-7-9(14(16,17)18)12(19-2)22-13/h4-7H,3H2,1-2H3,(H2,19,20,21,22). The zero-order chi connectivity index (χ0) is 17.0. The summed E-state index contributed by atoms with van der Waals surface area (Å²) in [5.41, 5.74) is -1.01. The number of hydrogen-bond acceptors (Lipinski definition) is 5. The van der Waals surface area contributed by atoms with Crippen molar-refractivity contribution < 1.29 is 22.3 Å². The Hall–Kier alpha value is -2.58. The van der Waals surface area contributed by atoms with E-state index in [0.717, 1.165) is 0 Å². The molecule has 0 aliphatic rings. The predicted molar refractivity (Wildman–Crippen MR) is 77.4 cm³/mol. The van der Waals surface area contributed by atoms with Crippen molar-refractivity contribution in [3.63, 3.8) is 0 Å². The minimum absolute atomic E-state index is 0.00207. The van der Waals surface area contributed by atoms with E-state index in [-0.39, 0.29) is 11.6 Å². The summed E-state index contributed by atoms with van der Waals surface area (Å²) in [6, 6.07) is 3.99. The minimum atomic E-state index is -4.59. The van der Waals surface area contributed by atoms with Gasteiger partial charge < -0.3 is 15.4 Å². The van der Waals surface area contributed by atoms with Gasteiger partial charge in [-0.05, 0) is 19.1 Å². The molecule has 0 saturated heterocycles. The molecule has 0 radical (unpaired) electrons. The Balaban J connectivity index is 2.32. The minimum Gasteiger partial charge on any atom is -0.494 e. The van der Waals surface area contributed by atoms with Gasteiger partial charge >= 0.3 is 6.18 Å². The van der Waals surface area contributed by atoms with Gasteiger partial charge in [-0.2, -0.15) is 18.2 Å². The molecule has 0 bridgehead atoms. The van der Waals surface area contributed by atoms with Crippen molar-refractivity contribution >= 4 is 17.5 Å². The molecule has 0 fully saturated rings. The van der Waals surface area contributed by atoms with Crippen molar-refractivity contribution in [1.29, 1.82) is 0 Å². The molecule has 2 rings (SSSR count). The topological polar surface area (TPSA) is 59.1 Å². The van der Waals surface area contributed by atoms with E-state index in [4.69, 9.17) is 4.74 Å². The molecule has 1 aromatic heterocycles. The first-order valence-electron chi connectivity index (χ1n) is 6.66. The van der Waals surface area contributed by atoms with Crippen molar-refractivity contribution in [1.82, 2.24) is 9.97 Å². The van der Waals surface area contributed by atoms with Gasteiger partial charge in [0, 0.05) is 19.3 Å². The van der Waals surface area contributed by atoms with Crippen molar-refractivity contribution in [2.75, 3.05) is 24.3 Å². The third-order valence-electron chi connectivity index (χ3n) is 2.83. The van der Waals surface area contributed by atoms with E-state index in [2.05, 4.69) is 20.6 Å². The van der Waals surface area contributed by atoms with Gasteiger partial charge in [0.1, 0.15) is 22.9 Å². The predicted octanol–water partition coefficient (Wildman–Crippen LogP) is 3.82. The van der Waals surface area contributed by atoms with Crippen molar-refractivity contribution in [2.24, 2.45) is 0 Å². The van der Waals surface area contributed by atoms with E-state index in [1.807, 2.05) is 0 Å². The molecule has 23 heavy (non-hydrogen) atoms. The Morgan fingerprint density at radius 1 is 1.26 bits per heavy atom. The Morgan fingerprint density at radius 2 is 2.00 bits per heavy atom. The van der Waals surface area contributed by atoms with Crippen LogP contribution >= 0.6 is 0 Å². The van der Waals surface area contributed by atoms with Gasteiger partial charge in [0.05, 0.1) is 12.3 Å². The number of alkyl halides is 3. The smallest absolute Gasteiger partial charge is 0.421 e. The first kappa shape index (κ1) is 16.8. The third-order valence-corrected chi connectivity index (χ3v) is 2.83. The third kappa shape index (κ3) is 3.99. The summed E-state index contributed by atoms with van der Waals surface area (Å²) in [5, 5.41) is 4.88. The number of ether oxygens (including phenoxy) is 1. The number of nitrogens with zero attached hydrogens (tertiary/aromatic N) is 2. The highest BCUT2D eigenvalue weighted by atomic mass is 19.4. The van der Waals surface area contributed by atoms with Crippen LogP contribution in [0.2, 0.25) is 0 Å². The molecule has 0 aliphatic carbocycles. The summed E-state index contributed by atoms with van der Waals surface area (Å²) in [6.07, 6.45) is -3.96. The Morgan fingerprint density at radius 3 is 2.61 bits per heavy atom. The lowest BCUT2D eigenvalue weighted by Crippen LogP contribution is -2.12. The number of hydrogen-bond donors (Lipinski definition) is 2. The fraction of sp³-hybridized carbons (Fsp3) is 0.286. The highest BCUT2D eigenvalue weighted by molar-refractivity contribution is 5.59. The summed E-state index contributed by atoms with van der Waals surface area (Å²) in [7, 11) is 1.30. The van der Waals surface area contributed by atoms with Crippen LogP contribution in [0.25, 0.3) is 0 Å². The number of anilines is 3. The van der Waals surface area contributed by atoms with Crippen LogP contribution in [0.4, 0.5) is 35.0 Å². The summed E-state index contributed by atoms with van der Waals surface area (Å²) >= 11 is 0. The lowest BCUT2D eigenvalue weighted by molar-refractivity contribution is -0.137. The molecular formula is C14H14F4N4O. The van der Waals surface area contributed by atoms with Gasteiger partial charge in [-0.1, -0.05) is 0 Å². The average molecular weight is 330 g/mol. The molecule has 0 atom stereocenters. The largest absolute Gasteiger partial charge is 0.494 e. The number of aromatic nitrogens is 2. The molecule has 5 nitrogen and oxygen atoms in total. The van der Waals surface area contributed by atoms with Gasteiger partial charge in [0.25, 0.3) is 0 Å². The molecule has 1 heterocycles. The van der Waals surface area contributed by atoms with Crippen molar-refractivity contribution in [3.8, 4) is 5.75 Å². The molecular weight excluding hydrogens is 316 g/mol. The lowest BCUT2D eigenvalue weighted by Gasteiger charge is -2.13. The van der Waals surface area contributed by atoms with Gasteiger partial charge in [-0.25, -0.2) is 9.37 Å². The van der Waals surface area contributed by atoms with Crippen LogP contribution in [0, 0.1) is 5.82 Å². The highest BCUT2D eigenvalue weighted by Gasteiger charge is 2.35. The maximum Gasteiger partial charge on any atom is 0.421 e. The quantitative estimate of drug-likeness (QED) is 0.816. The summed E-state index contributed by atoms with van der Waals surface area (Å²) < 4.78 is 57.4. The number of rotatable bonds is 5. The van der Waals surface area contributed by atoms with Gasteiger partial charge in [-0.3, -0.25) is 0 Å². The van der Waals surface area contributed by atoms with Gasteiger partial charge in [-0.15, -0.1) is 0 Å². The molecule has 124 valence electrons. The van der Waals surface area contributed by atoms with Crippen molar-refractivity contribution in [3.05, 3.63) is 35.8 Å². The maximum atomic E-state index is 13.8. The Bertz CT molecular complexity index is 691.